The Morgan fingerprint density at radius 3 is 2.75 bits per heavy atom. The summed E-state index contributed by atoms with van der Waals surface area (Å²) in [6.07, 6.45) is 2.86. The van der Waals surface area contributed by atoms with Crippen molar-refractivity contribution in [2.45, 2.75) is 36.7 Å². The summed E-state index contributed by atoms with van der Waals surface area (Å²) in [7, 11) is -3.96. The van der Waals surface area contributed by atoms with Crippen molar-refractivity contribution in [3.63, 3.8) is 0 Å². The Morgan fingerprint density at radius 2 is 2.05 bits per heavy atom. The van der Waals surface area contributed by atoms with Gasteiger partial charge in [0.2, 0.25) is 10.0 Å². The number of nitrogens with one attached hydrogen (secondary N) is 1. The zero-order valence-corrected chi connectivity index (χ0v) is 12.4. The number of benzene rings is 1. The molecule has 2 unspecified atom stereocenters. The van der Waals surface area contributed by atoms with E-state index in [1.54, 1.807) is 0 Å². The molecule has 0 aliphatic heterocycles. The minimum atomic E-state index is -3.96. The van der Waals surface area contributed by atoms with E-state index in [0.717, 1.165) is 19.3 Å². The summed E-state index contributed by atoms with van der Waals surface area (Å²) in [5.74, 6) is -1.08. The third-order valence-corrected chi connectivity index (χ3v) is 5.34. The highest BCUT2D eigenvalue weighted by Crippen LogP contribution is 2.25. The molecular formula is C13H17ClFNO3S. The average molecular weight is 322 g/mol. The molecule has 0 saturated heterocycles. The molecule has 20 heavy (non-hydrogen) atoms. The van der Waals surface area contributed by atoms with Crippen molar-refractivity contribution in [3.8, 4) is 0 Å². The van der Waals surface area contributed by atoms with E-state index in [-0.39, 0.29) is 17.5 Å². The highest BCUT2D eigenvalue weighted by atomic mass is 35.5. The van der Waals surface area contributed by atoms with Crippen LogP contribution >= 0.6 is 11.6 Å². The SMILES string of the molecule is O=S(=O)(NCC1CCCCC1O)c1cccc(Cl)c1F. The highest BCUT2D eigenvalue weighted by Gasteiger charge is 2.26. The molecule has 1 aliphatic rings. The number of hydrogen-bond donors (Lipinski definition) is 2. The van der Waals surface area contributed by atoms with Gasteiger partial charge in [-0.2, -0.15) is 0 Å². The average Bonchev–Trinajstić information content (AvgIpc) is 2.41. The van der Waals surface area contributed by atoms with Crippen LogP contribution in [0, 0.1) is 11.7 Å². The molecule has 1 fully saturated rings. The molecule has 0 radical (unpaired) electrons. The van der Waals surface area contributed by atoms with Crippen molar-refractivity contribution < 1.29 is 17.9 Å². The zero-order valence-electron chi connectivity index (χ0n) is 10.9. The second-order valence-electron chi connectivity index (χ2n) is 5.02. The Labute approximate surface area is 123 Å². The maximum absolute atomic E-state index is 13.7. The summed E-state index contributed by atoms with van der Waals surface area (Å²) in [5.41, 5.74) is 0. The first kappa shape index (κ1) is 15.7. The van der Waals surface area contributed by atoms with Crippen LogP contribution in [0.25, 0.3) is 0 Å². The van der Waals surface area contributed by atoms with Crippen molar-refractivity contribution in [3.05, 3.63) is 29.0 Å². The van der Waals surface area contributed by atoms with Gasteiger partial charge in [-0.1, -0.05) is 30.5 Å². The van der Waals surface area contributed by atoms with Crippen LogP contribution in [-0.4, -0.2) is 26.2 Å². The van der Waals surface area contributed by atoms with Crippen molar-refractivity contribution >= 4 is 21.6 Å². The number of aliphatic hydroxyl groups is 1. The third kappa shape index (κ3) is 3.49. The molecule has 112 valence electrons. The summed E-state index contributed by atoms with van der Waals surface area (Å²) in [4.78, 5) is -0.463. The van der Waals surface area contributed by atoms with E-state index in [4.69, 9.17) is 11.6 Å². The van der Waals surface area contributed by atoms with Gasteiger partial charge in [0.1, 0.15) is 4.90 Å². The van der Waals surface area contributed by atoms with Crippen LogP contribution in [0.15, 0.2) is 23.1 Å². The van der Waals surface area contributed by atoms with E-state index in [0.29, 0.717) is 6.42 Å². The van der Waals surface area contributed by atoms with Gasteiger partial charge in [-0.25, -0.2) is 17.5 Å². The van der Waals surface area contributed by atoms with Crippen LogP contribution < -0.4 is 4.72 Å². The lowest BCUT2D eigenvalue weighted by Gasteiger charge is -2.27. The second kappa shape index (κ2) is 6.39. The molecular weight excluding hydrogens is 305 g/mol. The first-order chi connectivity index (χ1) is 9.42. The predicted molar refractivity (Wildman–Crippen MR) is 74.6 cm³/mol. The number of sulfonamides is 1. The Kier molecular flexibility index (Phi) is 5.01. The van der Waals surface area contributed by atoms with Gasteiger partial charge in [-0.05, 0) is 30.9 Å². The third-order valence-electron chi connectivity index (χ3n) is 3.61. The quantitative estimate of drug-likeness (QED) is 0.894. The fourth-order valence-corrected chi connectivity index (χ4v) is 3.84. The van der Waals surface area contributed by atoms with Gasteiger partial charge in [0, 0.05) is 6.54 Å². The van der Waals surface area contributed by atoms with Crippen LogP contribution in [0.4, 0.5) is 4.39 Å². The zero-order chi connectivity index (χ0) is 14.8. The van der Waals surface area contributed by atoms with Gasteiger partial charge in [0.05, 0.1) is 11.1 Å². The summed E-state index contributed by atoms with van der Waals surface area (Å²) >= 11 is 5.58. The minimum Gasteiger partial charge on any atom is -0.393 e. The lowest BCUT2D eigenvalue weighted by molar-refractivity contribution is 0.0724. The number of aliphatic hydroxyl groups excluding tert-OH is 1. The summed E-state index contributed by atoms with van der Waals surface area (Å²) < 4.78 is 40.2. The van der Waals surface area contributed by atoms with Crippen LogP contribution in [0.1, 0.15) is 25.7 Å². The highest BCUT2D eigenvalue weighted by molar-refractivity contribution is 7.89. The fourth-order valence-electron chi connectivity index (χ4n) is 2.41. The molecule has 0 amide bonds. The monoisotopic (exact) mass is 321 g/mol. The van der Waals surface area contributed by atoms with Gasteiger partial charge in [0.15, 0.2) is 5.82 Å². The lowest BCUT2D eigenvalue weighted by atomic mass is 9.87. The number of rotatable bonds is 4. The molecule has 0 bridgehead atoms. The Balaban J connectivity index is 2.09. The van der Waals surface area contributed by atoms with Crippen LogP contribution in [0.5, 0.6) is 0 Å². The van der Waals surface area contributed by atoms with Crippen molar-refractivity contribution in [2.24, 2.45) is 5.92 Å². The molecule has 7 heteroatoms. The van der Waals surface area contributed by atoms with E-state index in [9.17, 15) is 17.9 Å². The van der Waals surface area contributed by atoms with E-state index in [2.05, 4.69) is 4.72 Å². The van der Waals surface area contributed by atoms with E-state index >= 15 is 0 Å². The summed E-state index contributed by atoms with van der Waals surface area (Å²) in [6, 6.07) is 3.84. The van der Waals surface area contributed by atoms with E-state index in [1.807, 2.05) is 0 Å². The molecule has 0 aromatic heterocycles. The number of hydrogen-bond acceptors (Lipinski definition) is 3. The van der Waals surface area contributed by atoms with Gasteiger partial charge in [-0.15, -0.1) is 0 Å². The molecule has 2 N–H and O–H groups in total. The molecule has 2 atom stereocenters. The van der Waals surface area contributed by atoms with Crippen LogP contribution in [0.2, 0.25) is 5.02 Å². The van der Waals surface area contributed by atoms with Gasteiger partial charge in [0.25, 0.3) is 0 Å². The first-order valence-electron chi connectivity index (χ1n) is 6.53. The Hall–Kier alpha value is -0.690. The molecule has 2 rings (SSSR count). The van der Waals surface area contributed by atoms with Crippen molar-refractivity contribution in [2.75, 3.05) is 6.54 Å². The summed E-state index contributed by atoms with van der Waals surface area (Å²) in [6.45, 7) is 0.107. The molecule has 1 aliphatic carbocycles. The molecule has 1 saturated carbocycles. The smallest absolute Gasteiger partial charge is 0.243 e. The maximum Gasteiger partial charge on any atom is 0.243 e. The second-order valence-corrected chi connectivity index (χ2v) is 7.16. The standard InChI is InChI=1S/C13H17ClFNO3S/c14-10-5-3-7-12(13(10)15)20(18,19)16-8-9-4-1-2-6-11(9)17/h3,5,7,9,11,16-17H,1-2,4,6,8H2. The van der Waals surface area contributed by atoms with Gasteiger partial charge >= 0.3 is 0 Å². The normalized spacial score (nSPS) is 23.8. The topological polar surface area (TPSA) is 66.4 Å². The molecule has 4 nitrogen and oxygen atoms in total. The minimum absolute atomic E-state index is 0.107. The van der Waals surface area contributed by atoms with Gasteiger partial charge in [-0.3, -0.25) is 0 Å². The molecule has 1 aromatic carbocycles. The van der Waals surface area contributed by atoms with Crippen molar-refractivity contribution in [1.82, 2.24) is 4.72 Å². The predicted octanol–water partition coefficient (Wildman–Crippen LogP) is 2.31. The molecule has 0 spiro atoms. The first-order valence-corrected chi connectivity index (χ1v) is 8.39. The Bertz CT molecular complexity index is 579. The largest absolute Gasteiger partial charge is 0.393 e. The van der Waals surface area contributed by atoms with Crippen LogP contribution in [0.3, 0.4) is 0 Å². The van der Waals surface area contributed by atoms with Crippen LogP contribution in [-0.2, 0) is 10.0 Å². The fraction of sp³-hybridized carbons (Fsp3) is 0.538. The summed E-state index contributed by atoms with van der Waals surface area (Å²) in [5, 5.41) is 9.57. The molecule has 1 aromatic rings. The van der Waals surface area contributed by atoms with E-state index in [1.165, 1.54) is 18.2 Å². The number of halogens is 2. The van der Waals surface area contributed by atoms with Gasteiger partial charge < -0.3 is 5.11 Å². The lowest BCUT2D eigenvalue weighted by Crippen LogP contribution is -2.36. The van der Waals surface area contributed by atoms with Crippen molar-refractivity contribution in [1.29, 1.82) is 0 Å². The Morgan fingerprint density at radius 1 is 1.35 bits per heavy atom. The molecule has 0 heterocycles. The maximum atomic E-state index is 13.7. The van der Waals surface area contributed by atoms with E-state index < -0.39 is 26.8 Å².